The Hall–Kier alpha value is -1.22. The van der Waals surface area contributed by atoms with Gasteiger partial charge in [0.25, 0.3) is 5.24 Å². The molecule has 0 bridgehead atoms. The summed E-state index contributed by atoms with van der Waals surface area (Å²) in [7, 11) is 0. The molecule has 0 aliphatic carbocycles. The molecule has 0 saturated carbocycles. The van der Waals surface area contributed by atoms with Gasteiger partial charge in [0, 0.05) is 0 Å². The summed E-state index contributed by atoms with van der Waals surface area (Å²) in [5.74, 6) is 0.989. The van der Waals surface area contributed by atoms with Crippen LogP contribution >= 0.6 is 11.6 Å². The number of halogens is 1. The van der Waals surface area contributed by atoms with E-state index in [4.69, 9.17) is 21.1 Å². The Balaban J connectivity index is 3.09. The maximum atomic E-state index is 11.3. The van der Waals surface area contributed by atoms with Crippen LogP contribution in [0.5, 0.6) is 11.5 Å². The van der Waals surface area contributed by atoms with Gasteiger partial charge >= 0.3 is 0 Å². The zero-order chi connectivity index (χ0) is 12.8. The van der Waals surface area contributed by atoms with Crippen LogP contribution in [0.3, 0.4) is 0 Å². The normalized spacial score (nSPS) is 10.4. The van der Waals surface area contributed by atoms with Gasteiger partial charge in [-0.1, -0.05) is 13.0 Å². The Kier molecular flexibility index (Phi) is 5.29. The zero-order valence-corrected chi connectivity index (χ0v) is 11.1. The van der Waals surface area contributed by atoms with Crippen molar-refractivity contribution in [2.24, 2.45) is 0 Å². The third-order valence-corrected chi connectivity index (χ3v) is 2.21. The van der Waals surface area contributed by atoms with E-state index in [0.29, 0.717) is 23.7 Å². The number of para-hydroxylation sites is 1. The predicted molar refractivity (Wildman–Crippen MR) is 68.2 cm³/mol. The predicted octanol–water partition coefficient (Wildman–Crippen LogP) is 3.64. The van der Waals surface area contributed by atoms with Crippen molar-refractivity contribution in [2.45, 2.75) is 33.3 Å². The summed E-state index contributed by atoms with van der Waals surface area (Å²) in [6, 6.07) is 5.13. The number of carbonyl (C=O) groups excluding carboxylic acids is 1. The number of carbonyl (C=O) groups is 1. The van der Waals surface area contributed by atoms with Crippen LogP contribution in [0.15, 0.2) is 18.2 Å². The number of ether oxygens (including phenoxy) is 2. The van der Waals surface area contributed by atoms with Gasteiger partial charge < -0.3 is 9.47 Å². The first kappa shape index (κ1) is 13.8. The number of hydrogen-bond acceptors (Lipinski definition) is 3. The molecule has 0 atom stereocenters. The Labute approximate surface area is 107 Å². The van der Waals surface area contributed by atoms with Crippen molar-refractivity contribution in [2.75, 3.05) is 6.61 Å². The van der Waals surface area contributed by atoms with E-state index in [1.54, 1.807) is 18.2 Å². The summed E-state index contributed by atoms with van der Waals surface area (Å²) in [5, 5.41) is -0.537. The molecule has 1 aromatic carbocycles. The van der Waals surface area contributed by atoms with Gasteiger partial charge in [-0.15, -0.1) is 0 Å². The van der Waals surface area contributed by atoms with Crippen LogP contribution in [0, 0.1) is 0 Å². The van der Waals surface area contributed by atoms with Crippen LogP contribution in [0.1, 0.15) is 37.6 Å². The average Bonchev–Trinajstić information content (AvgIpc) is 2.26. The summed E-state index contributed by atoms with van der Waals surface area (Å²) in [5.41, 5.74) is 0.346. The van der Waals surface area contributed by atoms with E-state index in [2.05, 4.69) is 0 Å². The van der Waals surface area contributed by atoms with Crippen molar-refractivity contribution in [3.05, 3.63) is 23.8 Å². The van der Waals surface area contributed by atoms with Crippen LogP contribution in [-0.4, -0.2) is 18.0 Å². The molecule has 0 aromatic heterocycles. The maximum Gasteiger partial charge on any atom is 0.256 e. The maximum absolute atomic E-state index is 11.3. The largest absolute Gasteiger partial charge is 0.489 e. The minimum atomic E-state index is -0.537. The minimum absolute atomic E-state index is 0.0136. The van der Waals surface area contributed by atoms with E-state index < -0.39 is 5.24 Å². The zero-order valence-electron chi connectivity index (χ0n) is 10.3. The van der Waals surface area contributed by atoms with Crippen molar-refractivity contribution in [3.8, 4) is 11.5 Å². The fourth-order valence-corrected chi connectivity index (χ4v) is 1.52. The number of benzene rings is 1. The van der Waals surface area contributed by atoms with Crippen LogP contribution in [-0.2, 0) is 0 Å². The monoisotopic (exact) mass is 256 g/mol. The van der Waals surface area contributed by atoms with Gasteiger partial charge in [0.15, 0.2) is 11.5 Å². The van der Waals surface area contributed by atoms with Gasteiger partial charge in [-0.25, -0.2) is 0 Å². The highest BCUT2D eigenvalue weighted by Gasteiger charge is 2.16. The smallest absolute Gasteiger partial charge is 0.256 e. The summed E-state index contributed by atoms with van der Waals surface area (Å²) in [6.07, 6.45) is 0.867. The lowest BCUT2D eigenvalue weighted by Gasteiger charge is -2.16. The minimum Gasteiger partial charge on any atom is -0.489 e. The molecule has 1 rings (SSSR count). The Morgan fingerprint density at radius 2 is 2.12 bits per heavy atom. The summed E-state index contributed by atoms with van der Waals surface area (Å²) >= 11 is 5.52. The SMILES string of the molecule is CCCOc1c(OC(C)C)cccc1C(=O)Cl. The van der Waals surface area contributed by atoms with Crippen molar-refractivity contribution in [1.29, 1.82) is 0 Å². The molecule has 0 heterocycles. The lowest BCUT2D eigenvalue weighted by Crippen LogP contribution is -2.09. The summed E-state index contributed by atoms with van der Waals surface area (Å²) in [6.45, 7) is 6.35. The van der Waals surface area contributed by atoms with Gasteiger partial charge in [0.1, 0.15) is 0 Å². The molecule has 3 nitrogen and oxygen atoms in total. The second kappa shape index (κ2) is 6.50. The van der Waals surface area contributed by atoms with Crippen molar-refractivity contribution in [1.82, 2.24) is 0 Å². The first-order valence-corrected chi connectivity index (χ1v) is 6.06. The molecular formula is C13H17ClO3. The summed E-state index contributed by atoms with van der Waals surface area (Å²) < 4.78 is 11.1. The van der Waals surface area contributed by atoms with E-state index in [0.717, 1.165) is 6.42 Å². The molecule has 0 saturated heterocycles. The molecule has 0 N–H and O–H groups in total. The van der Waals surface area contributed by atoms with Crippen LogP contribution in [0.25, 0.3) is 0 Å². The quantitative estimate of drug-likeness (QED) is 0.729. The van der Waals surface area contributed by atoms with Crippen molar-refractivity contribution < 1.29 is 14.3 Å². The molecule has 1 aromatic rings. The number of hydrogen-bond donors (Lipinski definition) is 0. The van der Waals surface area contributed by atoms with Crippen LogP contribution in [0.2, 0.25) is 0 Å². The lowest BCUT2D eigenvalue weighted by molar-refractivity contribution is 0.107. The Morgan fingerprint density at radius 1 is 1.41 bits per heavy atom. The number of rotatable bonds is 6. The third kappa shape index (κ3) is 3.93. The fourth-order valence-electron chi connectivity index (χ4n) is 1.37. The lowest BCUT2D eigenvalue weighted by atomic mass is 10.2. The highest BCUT2D eigenvalue weighted by Crippen LogP contribution is 2.33. The van der Waals surface area contributed by atoms with E-state index in [-0.39, 0.29) is 6.10 Å². The van der Waals surface area contributed by atoms with Gasteiger partial charge in [-0.3, -0.25) is 4.79 Å². The first-order chi connectivity index (χ1) is 8.06. The van der Waals surface area contributed by atoms with E-state index in [1.807, 2.05) is 20.8 Å². The standard InChI is InChI=1S/C13H17ClO3/c1-4-8-16-12-10(13(14)15)6-5-7-11(12)17-9(2)3/h5-7,9H,4,8H2,1-3H3. The van der Waals surface area contributed by atoms with E-state index in [9.17, 15) is 4.79 Å². The second-order valence-corrected chi connectivity index (χ2v) is 4.26. The highest BCUT2D eigenvalue weighted by molar-refractivity contribution is 6.68. The molecule has 0 aliphatic rings. The van der Waals surface area contributed by atoms with Crippen LogP contribution < -0.4 is 9.47 Å². The summed E-state index contributed by atoms with van der Waals surface area (Å²) in [4.78, 5) is 11.3. The Bertz CT molecular complexity index is 388. The molecule has 4 heteroatoms. The van der Waals surface area contributed by atoms with Gasteiger partial charge in [0.05, 0.1) is 18.3 Å². The molecular weight excluding hydrogens is 240 g/mol. The molecule has 0 radical (unpaired) electrons. The molecule has 94 valence electrons. The van der Waals surface area contributed by atoms with Gasteiger partial charge in [-0.2, -0.15) is 0 Å². The van der Waals surface area contributed by atoms with Crippen molar-refractivity contribution >= 4 is 16.8 Å². The molecule has 0 fully saturated rings. The van der Waals surface area contributed by atoms with Crippen molar-refractivity contribution in [3.63, 3.8) is 0 Å². The molecule has 0 aliphatic heterocycles. The Morgan fingerprint density at radius 3 is 2.65 bits per heavy atom. The average molecular weight is 257 g/mol. The fraction of sp³-hybridized carbons (Fsp3) is 0.462. The molecule has 0 spiro atoms. The highest BCUT2D eigenvalue weighted by atomic mass is 35.5. The van der Waals surface area contributed by atoms with Gasteiger partial charge in [0.2, 0.25) is 0 Å². The molecule has 0 amide bonds. The second-order valence-electron chi connectivity index (χ2n) is 3.92. The third-order valence-electron chi connectivity index (χ3n) is 2.00. The first-order valence-electron chi connectivity index (χ1n) is 5.68. The topological polar surface area (TPSA) is 35.5 Å². The molecule has 17 heavy (non-hydrogen) atoms. The van der Waals surface area contributed by atoms with E-state index >= 15 is 0 Å². The molecule has 0 unspecified atom stereocenters. The van der Waals surface area contributed by atoms with Gasteiger partial charge in [-0.05, 0) is 44.0 Å². The van der Waals surface area contributed by atoms with Crippen LogP contribution in [0.4, 0.5) is 0 Å². The van der Waals surface area contributed by atoms with E-state index in [1.165, 1.54) is 0 Å².